The van der Waals surface area contributed by atoms with Crippen molar-refractivity contribution in [1.82, 2.24) is 19.8 Å². The first kappa shape index (κ1) is 30.0. The summed E-state index contributed by atoms with van der Waals surface area (Å²) in [5, 5.41) is 0.724. The highest BCUT2D eigenvalue weighted by molar-refractivity contribution is 6.30. The van der Waals surface area contributed by atoms with E-state index in [0.29, 0.717) is 24.7 Å². The van der Waals surface area contributed by atoms with E-state index in [2.05, 4.69) is 45.1 Å². The number of likely N-dealkylation sites (N-methyl/N-ethyl adjacent to an activating group) is 1. The van der Waals surface area contributed by atoms with Crippen LogP contribution in [-0.2, 0) is 6.54 Å². The number of amides is 1. The molecule has 0 spiro atoms. The normalized spacial score (nSPS) is 15.0. The zero-order valence-corrected chi connectivity index (χ0v) is 26.2. The second kappa shape index (κ2) is 13.7. The van der Waals surface area contributed by atoms with Crippen LogP contribution >= 0.6 is 11.6 Å². The molecular weight excluding hydrogens is 570 g/mol. The summed E-state index contributed by atoms with van der Waals surface area (Å²) in [6.45, 7) is 6.29. The number of aromatic nitrogens is 2. The fourth-order valence-electron chi connectivity index (χ4n) is 6.30. The number of carbonyl (C=O) groups is 1. The summed E-state index contributed by atoms with van der Waals surface area (Å²) in [5.41, 5.74) is 3.95. The molecule has 3 aromatic carbocycles. The molecule has 44 heavy (non-hydrogen) atoms. The molecule has 1 unspecified atom stereocenters. The number of benzene rings is 3. The molecule has 1 atom stereocenters. The highest BCUT2D eigenvalue weighted by Crippen LogP contribution is 2.28. The van der Waals surface area contributed by atoms with Gasteiger partial charge in [0, 0.05) is 49.2 Å². The van der Waals surface area contributed by atoms with Gasteiger partial charge in [-0.05, 0) is 86.8 Å². The SMILES string of the molecule is Cc1ccc(CN(c2nc3ccccc3[nH]2)C2CCN(CCC(CN(C)C(=O)c3ccccc3)c3ccc(Cl)cc3)CC2)o1. The van der Waals surface area contributed by atoms with Gasteiger partial charge in [0.1, 0.15) is 11.5 Å². The molecule has 7 nitrogen and oxygen atoms in total. The molecule has 1 N–H and O–H groups in total. The minimum Gasteiger partial charge on any atom is -0.464 e. The van der Waals surface area contributed by atoms with E-state index in [-0.39, 0.29) is 11.8 Å². The lowest BCUT2D eigenvalue weighted by Gasteiger charge is -2.38. The van der Waals surface area contributed by atoms with Crippen molar-refractivity contribution in [2.75, 3.05) is 38.1 Å². The lowest BCUT2D eigenvalue weighted by atomic mass is 9.94. The Morgan fingerprint density at radius 1 is 1.00 bits per heavy atom. The number of hydrogen-bond acceptors (Lipinski definition) is 5. The summed E-state index contributed by atoms with van der Waals surface area (Å²) >= 11 is 6.22. The fourth-order valence-corrected chi connectivity index (χ4v) is 6.42. The van der Waals surface area contributed by atoms with Crippen molar-refractivity contribution >= 4 is 34.5 Å². The summed E-state index contributed by atoms with van der Waals surface area (Å²) in [4.78, 5) is 28.4. The van der Waals surface area contributed by atoms with Gasteiger partial charge in [0.05, 0.1) is 17.6 Å². The Labute approximate surface area is 264 Å². The van der Waals surface area contributed by atoms with Gasteiger partial charge in [-0.3, -0.25) is 4.79 Å². The molecule has 5 aromatic rings. The van der Waals surface area contributed by atoms with E-state index in [9.17, 15) is 4.79 Å². The van der Waals surface area contributed by atoms with Crippen LogP contribution in [0.15, 0.2) is 95.4 Å². The van der Waals surface area contributed by atoms with E-state index in [1.165, 1.54) is 5.56 Å². The third-order valence-electron chi connectivity index (χ3n) is 8.77. The Balaban J connectivity index is 1.11. The van der Waals surface area contributed by atoms with Crippen LogP contribution in [-0.4, -0.2) is 64.9 Å². The number of rotatable bonds is 11. The molecular formula is C36H40ClN5O2. The number of para-hydroxylation sites is 2. The number of H-pyrrole nitrogens is 1. The van der Waals surface area contributed by atoms with Crippen LogP contribution in [0.5, 0.6) is 0 Å². The van der Waals surface area contributed by atoms with Crippen molar-refractivity contribution in [2.24, 2.45) is 0 Å². The molecule has 1 aliphatic heterocycles. The molecule has 0 aliphatic carbocycles. The maximum atomic E-state index is 13.2. The van der Waals surface area contributed by atoms with Crippen molar-refractivity contribution in [3.8, 4) is 0 Å². The van der Waals surface area contributed by atoms with Gasteiger partial charge in [-0.25, -0.2) is 4.98 Å². The number of furan rings is 1. The molecule has 1 saturated heterocycles. The predicted molar refractivity (Wildman–Crippen MR) is 177 cm³/mol. The third-order valence-corrected chi connectivity index (χ3v) is 9.02. The van der Waals surface area contributed by atoms with E-state index < -0.39 is 0 Å². The monoisotopic (exact) mass is 609 g/mol. The molecule has 6 rings (SSSR count). The molecule has 1 amide bonds. The van der Waals surface area contributed by atoms with Crippen LogP contribution in [0.4, 0.5) is 5.95 Å². The second-order valence-electron chi connectivity index (χ2n) is 11.9. The molecule has 0 bridgehead atoms. The Kier molecular flexibility index (Phi) is 9.34. The van der Waals surface area contributed by atoms with Crippen LogP contribution in [0.3, 0.4) is 0 Å². The molecule has 8 heteroatoms. The van der Waals surface area contributed by atoms with E-state index in [0.717, 1.165) is 72.4 Å². The van der Waals surface area contributed by atoms with Crippen molar-refractivity contribution in [1.29, 1.82) is 0 Å². The lowest BCUT2D eigenvalue weighted by Crippen LogP contribution is -2.45. The number of hydrogen-bond donors (Lipinski definition) is 1. The predicted octanol–water partition coefficient (Wildman–Crippen LogP) is 7.53. The van der Waals surface area contributed by atoms with Gasteiger partial charge < -0.3 is 24.1 Å². The minimum atomic E-state index is 0.0443. The Bertz CT molecular complexity index is 1620. The van der Waals surface area contributed by atoms with E-state index in [1.807, 2.05) is 79.5 Å². The Morgan fingerprint density at radius 2 is 1.73 bits per heavy atom. The van der Waals surface area contributed by atoms with Crippen LogP contribution in [0.25, 0.3) is 11.0 Å². The maximum absolute atomic E-state index is 13.2. The second-order valence-corrected chi connectivity index (χ2v) is 12.3. The van der Waals surface area contributed by atoms with E-state index in [1.54, 1.807) is 0 Å². The number of aromatic amines is 1. The number of anilines is 1. The zero-order chi connectivity index (χ0) is 30.5. The first-order valence-electron chi connectivity index (χ1n) is 15.5. The molecule has 3 heterocycles. The van der Waals surface area contributed by atoms with Crippen molar-refractivity contribution in [3.63, 3.8) is 0 Å². The first-order valence-corrected chi connectivity index (χ1v) is 15.9. The fraction of sp³-hybridized carbons (Fsp3) is 0.333. The van der Waals surface area contributed by atoms with Crippen molar-refractivity contribution < 1.29 is 9.21 Å². The summed E-state index contributed by atoms with van der Waals surface area (Å²) in [6, 6.07) is 30.2. The van der Waals surface area contributed by atoms with Gasteiger partial charge in [-0.15, -0.1) is 0 Å². The number of aryl methyl sites for hydroxylation is 1. The van der Waals surface area contributed by atoms with Crippen LogP contribution in [0.2, 0.25) is 5.02 Å². The summed E-state index contributed by atoms with van der Waals surface area (Å²) in [6.07, 6.45) is 3.03. The largest absolute Gasteiger partial charge is 0.464 e. The van der Waals surface area contributed by atoms with Gasteiger partial charge in [0.15, 0.2) is 0 Å². The van der Waals surface area contributed by atoms with Gasteiger partial charge in [-0.2, -0.15) is 0 Å². The van der Waals surface area contributed by atoms with E-state index >= 15 is 0 Å². The summed E-state index contributed by atoms with van der Waals surface area (Å²) in [5.74, 6) is 3.02. The van der Waals surface area contributed by atoms with E-state index in [4.69, 9.17) is 21.0 Å². The molecule has 2 aromatic heterocycles. The lowest BCUT2D eigenvalue weighted by molar-refractivity contribution is 0.0781. The van der Waals surface area contributed by atoms with Crippen molar-refractivity contribution in [2.45, 2.75) is 44.7 Å². The van der Waals surface area contributed by atoms with Crippen molar-refractivity contribution in [3.05, 3.63) is 119 Å². The Hall–Kier alpha value is -4.07. The maximum Gasteiger partial charge on any atom is 0.253 e. The minimum absolute atomic E-state index is 0.0443. The third kappa shape index (κ3) is 7.17. The molecule has 0 radical (unpaired) electrons. The topological polar surface area (TPSA) is 68.6 Å². The Morgan fingerprint density at radius 3 is 2.43 bits per heavy atom. The zero-order valence-electron chi connectivity index (χ0n) is 25.5. The molecule has 228 valence electrons. The first-order chi connectivity index (χ1) is 21.4. The number of nitrogens with zero attached hydrogens (tertiary/aromatic N) is 4. The summed E-state index contributed by atoms with van der Waals surface area (Å²) in [7, 11) is 1.90. The number of piperidine rings is 1. The average molecular weight is 610 g/mol. The number of nitrogens with one attached hydrogen (secondary N) is 1. The quantitative estimate of drug-likeness (QED) is 0.168. The number of carbonyl (C=O) groups excluding carboxylic acids is 1. The highest BCUT2D eigenvalue weighted by atomic mass is 35.5. The highest BCUT2D eigenvalue weighted by Gasteiger charge is 2.28. The number of imidazole rings is 1. The number of halogens is 1. The molecule has 0 saturated carbocycles. The number of likely N-dealkylation sites (tertiary alicyclic amines) is 1. The van der Waals surface area contributed by atoms with Gasteiger partial charge in [0.25, 0.3) is 5.91 Å². The summed E-state index contributed by atoms with van der Waals surface area (Å²) < 4.78 is 5.98. The smallest absolute Gasteiger partial charge is 0.253 e. The number of fused-ring (bicyclic) bond motifs is 1. The molecule has 1 fully saturated rings. The average Bonchev–Trinajstić information content (AvgIpc) is 3.68. The van der Waals surface area contributed by atoms with Gasteiger partial charge in [0.2, 0.25) is 5.95 Å². The van der Waals surface area contributed by atoms with Crippen LogP contribution in [0.1, 0.15) is 52.6 Å². The standard InChI is InChI=1S/C36H40ClN5O2/c1-26-12-17-32(44-26)25-42(36-38-33-10-6-7-11-34(33)39-36)31-19-22-41(23-20-31)21-18-29(27-13-15-30(37)16-14-27)24-40(2)35(43)28-8-4-3-5-9-28/h3-17,29,31H,18-25H2,1-2H3,(H,38,39). The van der Waals surface area contributed by atoms with Gasteiger partial charge >= 0.3 is 0 Å². The van der Waals surface area contributed by atoms with Gasteiger partial charge in [-0.1, -0.05) is 54.1 Å². The van der Waals surface area contributed by atoms with Crippen LogP contribution in [0, 0.1) is 6.92 Å². The van der Waals surface area contributed by atoms with Crippen LogP contribution < -0.4 is 4.90 Å². The molecule has 1 aliphatic rings.